The Labute approximate surface area is 164 Å². The minimum absolute atomic E-state index is 0.350. The van der Waals surface area contributed by atoms with Crippen molar-refractivity contribution >= 4 is 12.0 Å². The van der Waals surface area contributed by atoms with E-state index < -0.39 is 18.0 Å². The summed E-state index contributed by atoms with van der Waals surface area (Å²) in [5, 5.41) is 5.70. The first-order valence-electron chi connectivity index (χ1n) is 8.98. The highest BCUT2D eigenvalue weighted by molar-refractivity contribution is 5.85. The van der Waals surface area contributed by atoms with Gasteiger partial charge in [-0.2, -0.15) is 0 Å². The smallest absolute Gasteiger partial charge is 0.333 e. The highest BCUT2D eigenvalue weighted by Gasteiger charge is 2.25. The van der Waals surface area contributed by atoms with Gasteiger partial charge < -0.3 is 15.4 Å². The van der Waals surface area contributed by atoms with Crippen LogP contribution in [0.3, 0.4) is 0 Å². The molecule has 0 bridgehead atoms. The summed E-state index contributed by atoms with van der Waals surface area (Å²) in [5.74, 6) is -0.530. The fourth-order valence-electron chi connectivity index (χ4n) is 3.00. The summed E-state index contributed by atoms with van der Waals surface area (Å²) in [6.07, 6.45) is 0. The topological polar surface area (TPSA) is 67.4 Å². The predicted molar refractivity (Wildman–Crippen MR) is 108 cm³/mol. The number of nitrogens with one attached hydrogen (secondary N) is 2. The van der Waals surface area contributed by atoms with Crippen LogP contribution in [0, 0.1) is 0 Å². The number of carbonyl (C=O) groups excluding carboxylic acids is 2. The SMILES string of the molecule is COC(=O)C(NC(=O)NC(c1ccccc1)c1ccccc1)c1ccccc1. The van der Waals surface area contributed by atoms with Crippen molar-refractivity contribution in [3.8, 4) is 0 Å². The number of esters is 1. The van der Waals surface area contributed by atoms with E-state index in [-0.39, 0.29) is 6.04 Å². The standard InChI is InChI=1S/C23H22N2O3/c1-28-22(26)21(19-15-9-4-10-16-19)25-23(27)24-20(17-11-5-2-6-12-17)18-13-7-3-8-14-18/h2-16,20-21H,1H3,(H2,24,25,27). The molecule has 0 spiro atoms. The minimum atomic E-state index is -0.890. The van der Waals surface area contributed by atoms with Crippen LogP contribution in [-0.2, 0) is 9.53 Å². The molecule has 3 rings (SSSR count). The largest absolute Gasteiger partial charge is 0.467 e. The molecule has 0 fully saturated rings. The number of carbonyl (C=O) groups is 2. The van der Waals surface area contributed by atoms with Crippen molar-refractivity contribution in [1.29, 1.82) is 0 Å². The van der Waals surface area contributed by atoms with Gasteiger partial charge in [-0.3, -0.25) is 0 Å². The van der Waals surface area contributed by atoms with Crippen molar-refractivity contribution in [2.75, 3.05) is 7.11 Å². The number of urea groups is 1. The lowest BCUT2D eigenvalue weighted by molar-refractivity contribution is -0.143. The Bertz CT molecular complexity index is 859. The maximum absolute atomic E-state index is 12.8. The molecule has 0 aliphatic carbocycles. The normalized spacial score (nSPS) is 11.5. The molecule has 28 heavy (non-hydrogen) atoms. The molecule has 5 heteroatoms. The second-order valence-electron chi connectivity index (χ2n) is 6.24. The molecule has 0 heterocycles. The van der Waals surface area contributed by atoms with Crippen molar-refractivity contribution in [3.63, 3.8) is 0 Å². The number of amides is 2. The number of ether oxygens (including phenoxy) is 1. The number of hydrogen-bond donors (Lipinski definition) is 2. The molecule has 0 aromatic heterocycles. The summed E-state index contributed by atoms with van der Waals surface area (Å²) in [6, 6.07) is 26.6. The monoisotopic (exact) mass is 374 g/mol. The van der Waals surface area contributed by atoms with E-state index in [9.17, 15) is 9.59 Å². The average Bonchev–Trinajstić information content (AvgIpc) is 2.77. The fourth-order valence-corrected chi connectivity index (χ4v) is 3.00. The molecular formula is C23H22N2O3. The Hall–Kier alpha value is -3.60. The van der Waals surface area contributed by atoms with Crippen LogP contribution in [0.1, 0.15) is 28.8 Å². The van der Waals surface area contributed by atoms with Gasteiger partial charge in [-0.05, 0) is 16.7 Å². The lowest BCUT2D eigenvalue weighted by Crippen LogP contribution is -2.43. The van der Waals surface area contributed by atoms with Crippen molar-refractivity contribution in [3.05, 3.63) is 108 Å². The van der Waals surface area contributed by atoms with Gasteiger partial charge in [0.05, 0.1) is 13.2 Å². The van der Waals surface area contributed by atoms with Gasteiger partial charge in [0.1, 0.15) is 0 Å². The highest BCUT2D eigenvalue weighted by atomic mass is 16.5. The lowest BCUT2D eigenvalue weighted by Gasteiger charge is -2.23. The van der Waals surface area contributed by atoms with Crippen LogP contribution in [0.5, 0.6) is 0 Å². The molecule has 3 aromatic rings. The second-order valence-corrected chi connectivity index (χ2v) is 6.24. The Balaban J connectivity index is 1.82. The van der Waals surface area contributed by atoms with Crippen molar-refractivity contribution in [2.45, 2.75) is 12.1 Å². The predicted octanol–water partition coefficient (Wildman–Crippen LogP) is 3.99. The van der Waals surface area contributed by atoms with Crippen LogP contribution in [0.25, 0.3) is 0 Å². The van der Waals surface area contributed by atoms with Crippen LogP contribution in [0.15, 0.2) is 91.0 Å². The lowest BCUT2D eigenvalue weighted by atomic mass is 9.99. The van der Waals surface area contributed by atoms with Crippen molar-refractivity contribution in [1.82, 2.24) is 10.6 Å². The van der Waals surface area contributed by atoms with Crippen molar-refractivity contribution < 1.29 is 14.3 Å². The molecule has 0 aliphatic rings. The quantitative estimate of drug-likeness (QED) is 0.641. The highest BCUT2D eigenvalue weighted by Crippen LogP contribution is 2.22. The first kappa shape index (κ1) is 19.2. The Morgan fingerprint density at radius 2 is 1.11 bits per heavy atom. The molecule has 1 atom stereocenters. The summed E-state index contributed by atoms with van der Waals surface area (Å²) in [5.41, 5.74) is 2.54. The van der Waals surface area contributed by atoms with E-state index in [0.717, 1.165) is 11.1 Å². The molecule has 0 saturated carbocycles. The first-order valence-corrected chi connectivity index (χ1v) is 8.98. The van der Waals surface area contributed by atoms with Crippen LogP contribution in [0.2, 0.25) is 0 Å². The van der Waals surface area contributed by atoms with E-state index in [2.05, 4.69) is 10.6 Å². The molecule has 142 valence electrons. The number of benzene rings is 3. The average molecular weight is 374 g/mol. The van der Waals surface area contributed by atoms with E-state index in [4.69, 9.17) is 4.74 Å². The van der Waals surface area contributed by atoms with Gasteiger partial charge in [-0.1, -0.05) is 91.0 Å². The summed E-state index contributed by atoms with van der Waals surface area (Å²) < 4.78 is 4.86. The van der Waals surface area contributed by atoms with Gasteiger partial charge in [0.25, 0.3) is 0 Å². The van der Waals surface area contributed by atoms with Crippen LogP contribution < -0.4 is 10.6 Å². The Morgan fingerprint density at radius 1 is 0.679 bits per heavy atom. The maximum atomic E-state index is 12.8. The van der Waals surface area contributed by atoms with Crippen molar-refractivity contribution in [2.24, 2.45) is 0 Å². The van der Waals surface area contributed by atoms with Crippen LogP contribution in [-0.4, -0.2) is 19.1 Å². The molecule has 3 aromatic carbocycles. The number of hydrogen-bond acceptors (Lipinski definition) is 3. The minimum Gasteiger partial charge on any atom is -0.467 e. The number of rotatable bonds is 6. The van der Waals surface area contributed by atoms with Gasteiger partial charge in [0.15, 0.2) is 6.04 Å². The molecular weight excluding hydrogens is 352 g/mol. The van der Waals surface area contributed by atoms with Gasteiger partial charge in [0, 0.05) is 0 Å². The summed E-state index contributed by atoms with van der Waals surface area (Å²) in [7, 11) is 1.30. The molecule has 0 saturated heterocycles. The van der Waals surface area contributed by atoms with Crippen LogP contribution >= 0.6 is 0 Å². The third-order valence-corrected chi connectivity index (χ3v) is 4.39. The fraction of sp³-hybridized carbons (Fsp3) is 0.130. The number of methoxy groups -OCH3 is 1. The molecule has 0 aliphatic heterocycles. The maximum Gasteiger partial charge on any atom is 0.333 e. The van der Waals surface area contributed by atoms with Gasteiger partial charge in [0.2, 0.25) is 0 Å². The van der Waals surface area contributed by atoms with Gasteiger partial charge in [-0.15, -0.1) is 0 Å². The second kappa shape index (κ2) is 9.37. The molecule has 2 N–H and O–H groups in total. The van der Waals surface area contributed by atoms with E-state index >= 15 is 0 Å². The zero-order valence-electron chi connectivity index (χ0n) is 15.5. The van der Waals surface area contributed by atoms with E-state index in [1.54, 1.807) is 12.1 Å². The molecule has 1 unspecified atom stereocenters. The van der Waals surface area contributed by atoms with Crippen LogP contribution in [0.4, 0.5) is 4.79 Å². The summed E-state index contributed by atoms with van der Waals surface area (Å²) in [4.78, 5) is 25.0. The molecule has 5 nitrogen and oxygen atoms in total. The third-order valence-electron chi connectivity index (χ3n) is 4.39. The van der Waals surface area contributed by atoms with Gasteiger partial charge in [-0.25, -0.2) is 9.59 Å². The third kappa shape index (κ3) is 4.76. The summed E-state index contributed by atoms with van der Waals surface area (Å²) in [6.45, 7) is 0. The van der Waals surface area contributed by atoms with E-state index in [0.29, 0.717) is 5.56 Å². The summed E-state index contributed by atoms with van der Waals surface area (Å²) >= 11 is 0. The molecule has 0 radical (unpaired) electrons. The Kier molecular flexibility index (Phi) is 6.41. The van der Waals surface area contributed by atoms with E-state index in [1.807, 2.05) is 78.9 Å². The van der Waals surface area contributed by atoms with E-state index in [1.165, 1.54) is 7.11 Å². The molecule has 2 amide bonds. The Morgan fingerprint density at radius 3 is 1.54 bits per heavy atom. The zero-order chi connectivity index (χ0) is 19.8. The zero-order valence-corrected chi connectivity index (χ0v) is 15.5. The first-order chi connectivity index (χ1) is 13.7. The van der Waals surface area contributed by atoms with Gasteiger partial charge >= 0.3 is 12.0 Å².